The van der Waals surface area contributed by atoms with E-state index in [0.29, 0.717) is 23.5 Å². The maximum Gasteiger partial charge on any atom is 0.305 e. The summed E-state index contributed by atoms with van der Waals surface area (Å²) in [6.45, 7) is 0. The molecule has 3 aromatic carbocycles. The van der Waals surface area contributed by atoms with Gasteiger partial charge in [-0.1, -0.05) is 18.2 Å². The molecule has 0 radical (unpaired) electrons. The first kappa shape index (κ1) is 17.6. The van der Waals surface area contributed by atoms with Crippen LogP contribution < -0.4 is 17.2 Å². The molecule has 5 heteroatoms. The lowest BCUT2D eigenvalue weighted by atomic mass is 9.51. The number of benzene rings is 3. The van der Waals surface area contributed by atoms with Crippen LogP contribution in [-0.2, 0) is 14.9 Å². The maximum atomic E-state index is 12.2. The van der Waals surface area contributed by atoms with Crippen molar-refractivity contribution in [3.63, 3.8) is 0 Å². The monoisotopic (exact) mass is 385 g/mol. The average Bonchev–Trinajstić information content (AvgIpc) is 2.71. The lowest BCUT2D eigenvalue weighted by Gasteiger charge is -2.51. The van der Waals surface area contributed by atoms with Crippen LogP contribution >= 0.6 is 0 Å². The first-order valence-corrected chi connectivity index (χ1v) is 9.72. The third-order valence-electron chi connectivity index (χ3n) is 6.48. The predicted octanol–water partition coefficient (Wildman–Crippen LogP) is 3.53. The molecule has 29 heavy (non-hydrogen) atoms. The van der Waals surface area contributed by atoms with Gasteiger partial charge in [0.05, 0.1) is 7.11 Å². The molecular weight excluding hydrogens is 362 g/mol. The second-order valence-electron chi connectivity index (χ2n) is 7.95. The molecule has 0 fully saturated rings. The van der Waals surface area contributed by atoms with Gasteiger partial charge in [0.2, 0.25) is 0 Å². The number of hydrogen-bond donors (Lipinski definition) is 3. The third-order valence-corrected chi connectivity index (χ3v) is 6.48. The summed E-state index contributed by atoms with van der Waals surface area (Å²) in [6, 6.07) is 18.3. The van der Waals surface area contributed by atoms with Gasteiger partial charge in [-0.15, -0.1) is 0 Å². The Hall–Kier alpha value is -3.47. The van der Waals surface area contributed by atoms with Gasteiger partial charge >= 0.3 is 5.97 Å². The molecule has 146 valence electrons. The molecular formula is C24H23N3O2. The molecule has 0 aromatic heterocycles. The number of carbonyl (C=O) groups excluding carboxylic acids is 1. The van der Waals surface area contributed by atoms with Crippen LogP contribution in [0.3, 0.4) is 0 Å². The van der Waals surface area contributed by atoms with E-state index in [-0.39, 0.29) is 18.3 Å². The molecule has 6 N–H and O–H groups in total. The van der Waals surface area contributed by atoms with Crippen molar-refractivity contribution in [2.24, 2.45) is 0 Å². The van der Waals surface area contributed by atoms with Crippen LogP contribution in [0, 0.1) is 0 Å². The van der Waals surface area contributed by atoms with Crippen molar-refractivity contribution < 1.29 is 9.53 Å². The standard InChI is InChI=1S/C24H23N3O2/c1-29-22(28)8-9-24-19-10-13(25)2-5-16(19)23(17-6-3-14(26)11-20(17)24)18-7-4-15(27)12-21(18)24/h2-7,10-12,23H,8-9,25-27H2,1H3. The SMILES string of the molecule is COC(=O)CCC12c3cc(N)ccc3C(c3ccc(N)cc31)c1ccc(N)cc12. The zero-order chi connectivity index (χ0) is 20.3. The first-order valence-electron chi connectivity index (χ1n) is 9.72. The molecule has 0 saturated carbocycles. The number of ether oxygens (including phenoxy) is 1. The van der Waals surface area contributed by atoms with E-state index in [1.165, 1.54) is 23.8 Å². The van der Waals surface area contributed by atoms with Crippen molar-refractivity contribution in [3.8, 4) is 0 Å². The zero-order valence-electron chi connectivity index (χ0n) is 16.2. The smallest absolute Gasteiger partial charge is 0.305 e. The summed E-state index contributed by atoms with van der Waals surface area (Å²) in [5, 5.41) is 0. The number of hydrogen-bond acceptors (Lipinski definition) is 5. The fraction of sp³-hybridized carbons (Fsp3) is 0.208. The quantitative estimate of drug-likeness (QED) is 0.473. The van der Waals surface area contributed by atoms with Crippen molar-refractivity contribution in [2.75, 3.05) is 24.3 Å². The van der Waals surface area contributed by atoms with Crippen molar-refractivity contribution in [2.45, 2.75) is 24.2 Å². The van der Waals surface area contributed by atoms with E-state index in [2.05, 4.69) is 18.2 Å². The number of carbonyl (C=O) groups is 1. The molecule has 6 rings (SSSR count). The van der Waals surface area contributed by atoms with Gasteiger partial charge in [-0.05, 0) is 76.2 Å². The Labute approximate surface area is 169 Å². The molecule has 0 atom stereocenters. The first-order chi connectivity index (χ1) is 14.0. The number of nitrogen functional groups attached to an aromatic ring is 3. The molecule has 0 spiro atoms. The van der Waals surface area contributed by atoms with E-state index in [1.807, 2.05) is 36.4 Å². The van der Waals surface area contributed by atoms with Gasteiger partial charge in [-0.25, -0.2) is 0 Å². The molecule has 2 bridgehead atoms. The highest BCUT2D eigenvalue weighted by Gasteiger charge is 2.51. The normalized spacial score (nSPS) is 20.5. The molecule has 3 aliphatic carbocycles. The molecule has 5 nitrogen and oxygen atoms in total. The second-order valence-corrected chi connectivity index (χ2v) is 7.95. The number of methoxy groups -OCH3 is 1. The number of anilines is 3. The predicted molar refractivity (Wildman–Crippen MR) is 115 cm³/mol. The van der Waals surface area contributed by atoms with E-state index in [1.54, 1.807) is 0 Å². The van der Waals surface area contributed by atoms with Gasteiger partial charge in [-0.3, -0.25) is 4.79 Å². The fourth-order valence-corrected chi connectivity index (χ4v) is 5.32. The van der Waals surface area contributed by atoms with Crippen LogP contribution in [0.5, 0.6) is 0 Å². The van der Waals surface area contributed by atoms with E-state index in [9.17, 15) is 4.79 Å². The summed E-state index contributed by atoms with van der Waals surface area (Å²) in [7, 11) is 1.42. The summed E-state index contributed by atoms with van der Waals surface area (Å²) in [4.78, 5) is 12.2. The molecule has 0 amide bonds. The Kier molecular flexibility index (Phi) is 3.65. The number of esters is 1. The van der Waals surface area contributed by atoms with Crippen LogP contribution in [0.2, 0.25) is 0 Å². The summed E-state index contributed by atoms with van der Waals surface area (Å²) < 4.78 is 4.97. The summed E-state index contributed by atoms with van der Waals surface area (Å²) in [5.74, 6) is -0.148. The minimum atomic E-state index is -0.553. The van der Waals surface area contributed by atoms with Crippen LogP contribution in [0.25, 0.3) is 0 Å². The molecule has 3 aromatic rings. The maximum absolute atomic E-state index is 12.2. The van der Waals surface area contributed by atoms with Gasteiger partial charge in [-0.2, -0.15) is 0 Å². The Bertz CT molecular complexity index is 1040. The third kappa shape index (κ3) is 2.30. The van der Waals surface area contributed by atoms with Crippen LogP contribution in [0.1, 0.15) is 52.1 Å². The van der Waals surface area contributed by atoms with E-state index < -0.39 is 5.41 Å². The fourth-order valence-electron chi connectivity index (χ4n) is 5.32. The summed E-state index contributed by atoms with van der Waals surface area (Å²) in [5.41, 5.74) is 27.2. The second kappa shape index (κ2) is 6.01. The number of rotatable bonds is 3. The Morgan fingerprint density at radius 2 is 1.24 bits per heavy atom. The van der Waals surface area contributed by atoms with E-state index in [0.717, 1.165) is 16.7 Å². The van der Waals surface area contributed by atoms with Crippen molar-refractivity contribution in [3.05, 3.63) is 88.0 Å². The minimum Gasteiger partial charge on any atom is -0.469 e. The van der Waals surface area contributed by atoms with Crippen LogP contribution in [-0.4, -0.2) is 13.1 Å². The molecule has 0 heterocycles. The molecule has 0 unspecified atom stereocenters. The van der Waals surface area contributed by atoms with Gasteiger partial charge in [0.15, 0.2) is 0 Å². The van der Waals surface area contributed by atoms with Crippen molar-refractivity contribution in [1.82, 2.24) is 0 Å². The molecule has 0 saturated heterocycles. The highest BCUT2D eigenvalue weighted by molar-refractivity contribution is 5.77. The van der Waals surface area contributed by atoms with Gasteiger partial charge in [0.25, 0.3) is 0 Å². The van der Waals surface area contributed by atoms with Gasteiger partial charge in [0.1, 0.15) is 0 Å². The van der Waals surface area contributed by atoms with Gasteiger partial charge in [0, 0.05) is 34.8 Å². The Morgan fingerprint density at radius 1 is 0.828 bits per heavy atom. The zero-order valence-corrected chi connectivity index (χ0v) is 16.2. The van der Waals surface area contributed by atoms with Crippen LogP contribution in [0.4, 0.5) is 17.1 Å². The van der Waals surface area contributed by atoms with E-state index >= 15 is 0 Å². The molecule has 0 aliphatic heterocycles. The largest absolute Gasteiger partial charge is 0.469 e. The Balaban J connectivity index is 1.88. The van der Waals surface area contributed by atoms with E-state index in [4.69, 9.17) is 21.9 Å². The minimum absolute atomic E-state index is 0.0943. The van der Waals surface area contributed by atoms with Crippen LogP contribution in [0.15, 0.2) is 54.6 Å². The average molecular weight is 385 g/mol. The Morgan fingerprint density at radius 3 is 1.62 bits per heavy atom. The van der Waals surface area contributed by atoms with Crippen molar-refractivity contribution in [1.29, 1.82) is 0 Å². The van der Waals surface area contributed by atoms with Gasteiger partial charge < -0.3 is 21.9 Å². The van der Waals surface area contributed by atoms with Crippen molar-refractivity contribution >= 4 is 23.0 Å². The highest BCUT2D eigenvalue weighted by Crippen LogP contribution is 2.61. The highest BCUT2D eigenvalue weighted by atomic mass is 16.5. The lowest BCUT2D eigenvalue weighted by Crippen LogP contribution is -2.42. The molecule has 3 aliphatic rings. The summed E-state index contributed by atoms with van der Waals surface area (Å²) in [6.07, 6.45) is 0.827. The summed E-state index contributed by atoms with van der Waals surface area (Å²) >= 11 is 0. The number of nitrogens with two attached hydrogens (primary N) is 3. The topological polar surface area (TPSA) is 104 Å². The lowest BCUT2D eigenvalue weighted by molar-refractivity contribution is -0.140.